The molecule has 2 atom stereocenters. The molecular weight excluding hydrogens is 468 g/mol. The van der Waals surface area contributed by atoms with Crippen molar-refractivity contribution in [2.45, 2.75) is 25.9 Å². The molecule has 3 rings (SSSR count). The summed E-state index contributed by atoms with van der Waals surface area (Å²) < 4.78 is 0. The van der Waals surface area contributed by atoms with E-state index in [1.165, 1.54) is 50.2 Å². The number of amides is 4. The second-order valence-electron chi connectivity index (χ2n) is 8.29. The van der Waals surface area contributed by atoms with Crippen molar-refractivity contribution >= 4 is 46.6 Å². The molecule has 4 amide bonds. The van der Waals surface area contributed by atoms with Crippen LogP contribution in [0.25, 0.3) is 0 Å². The van der Waals surface area contributed by atoms with Crippen molar-refractivity contribution in [3.8, 4) is 0 Å². The smallest absolute Gasteiger partial charge is 0.243 e. The molecule has 0 aliphatic heterocycles. The second-order valence-corrected chi connectivity index (χ2v) is 8.29. The van der Waals surface area contributed by atoms with E-state index in [1.807, 2.05) is 0 Å². The lowest BCUT2D eigenvalue weighted by Crippen LogP contribution is -2.41. The van der Waals surface area contributed by atoms with E-state index in [0.29, 0.717) is 0 Å². The van der Waals surface area contributed by atoms with Gasteiger partial charge in [0.2, 0.25) is 23.6 Å². The van der Waals surface area contributed by atoms with E-state index in [2.05, 4.69) is 21.3 Å². The van der Waals surface area contributed by atoms with Crippen LogP contribution in [0.2, 0.25) is 0 Å². The number of hydrogen-bond donors (Lipinski definition) is 6. The molecule has 1 aliphatic carbocycles. The molecular formula is C24H26N6O6. The van der Waals surface area contributed by atoms with Gasteiger partial charge in [-0.25, -0.2) is 0 Å². The van der Waals surface area contributed by atoms with Gasteiger partial charge in [0.25, 0.3) is 0 Å². The normalized spacial score (nSPS) is 13.6. The predicted molar refractivity (Wildman–Crippen MR) is 130 cm³/mol. The highest BCUT2D eigenvalue weighted by Gasteiger charge is 2.30. The van der Waals surface area contributed by atoms with Gasteiger partial charge < -0.3 is 32.7 Å². The van der Waals surface area contributed by atoms with E-state index in [1.54, 1.807) is 0 Å². The average molecular weight is 495 g/mol. The van der Waals surface area contributed by atoms with Gasteiger partial charge in [-0.1, -0.05) is 0 Å². The number of carbonyl (C=O) groups excluding carboxylic acids is 6. The number of rotatable bonds is 8. The Hall–Kier alpha value is -4.42. The van der Waals surface area contributed by atoms with E-state index in [-0.39, 0.29) is 46.7 Å². The molecule has 0 unspecified atom stereocenters. The maximum atomic E-state index is 13.1. The van der Waals surface area contributed by atoms with Crippen LogP contribution < -0.4 is 32.7 Å². The lowest BCUT2D eigenvalue weighted by Gasteiger charge is -2.19. The molecule has 36 heavy (non-hydrogen) atoms. The van der Waals surface area contributed by atoms with Crippen LogP contribution in [0, 0.1) is 0 Å². The number of nitrogens with one attached hydrogen (secondary N) is 4. The first-order chi connectivity index (χ1) is 17.0. The van der Waals surface area contributed by atoms with E-state index >= 15 is 0 Å². The zero-order chi connectivity index (χ0) is 26.6. The molecule has 12 heteroatoms. The van der Waals surface area contributed by atoms with E-state index in [4.69, 9.17) is 11.5 Å². The third-order valence-corrected chi connectivity index (χ3v) is 5.26. The largest absolute Gasteiger partial charge is 0.346 e. The fourth-order valence-corrected chi connectivity index (χ4v) is 3.37. The molecule has 8 N–H and O–H groups in total. The van der Waals surface area contributed by atoms with Crippen molar-refractivity contribution in [1.29, 1.82) is 0 Å². The lowest BCUT2D eigenvalue weighted by atomic mass is 9.83. The Morgan fingerprint density at radius 2 is 1.03 bits per heavy atom. The molecule has 12 nitrogen and oxygen atoms in total. The van der Waals surface area contributed by atoms with Crippen LogP contribution in [0.5, 0.6) is 0 Å². The van der Waals surface area contributed by atoms with Crippen molar-refractivity contribution in [3.63, 3.8) is 0 Å². The Kier molecular flexibility index (Phi) is 7.92. The molecule has 0 spiro atoms. The van der Waals surface area contributed by atoms with Crippen LogP contribution in [0.3, 0.4) is 0 Å². The third-order valence-electron chi connectivity index (χ3n) is 5.26. The van der Waals surface area contributed by atoms with Crippen molar-refractivity contribution < 1.29 is 28.8 Å². The predicted octanol–water partition coefficient (Wildman–Crippen LogP) is -0.734. The van der Waals surface area contributed by atoms with Crippen LogP contribution in [-0.2, 0) is 19.2 Å². The van der Waals surface area contributed by atoms with Gasteiger partial charge in [0, 0.05) is 33.6 Å². The Bertz CT molecular complexity index is 1170. The van der Waals surface area contributed by atoms with Crippen LogP contribution in [0.1, 0.15) is 45.7 Å². The van der Waals surface area contributed by atoms with Crippen molar-refractivity contribution in [3.05, 3.63) is 58.7 Å². The molecule has 0 bridgehead atoms. The fraction of sp³-hybridized carbons (Fsp3) is 0.250. The fourth-order valence-electron chi connectivity index (χ4n) is 3.37. The molecule has 2 aromatic carbocycles. The summed E-state index contributed by atoms with van der Waals surface area (Å²) in [6.07, 6.45) is 0. The number of nitrogens with two attached hydrogens (primary N) is 2. The summed E-state index contributed by atoms with van der Waals surface area (Å²) in [5.74, 6) is -2.89. The zero-order valence-corrected chi connectivity index (χ0v) is 19.6. The van der Waals surface area contributed by atoms with Gasteiger partial charge in [-0.2, -0.15) is 0 Å². The van der Waals surface area contributed by atoms with Crippen LogP contribution >= 0.6 is 0 Å². The minimum absolute atomic E-state index is 0.111. The molecule has 0 saturated heterocycles. The second kappa shape index (κ2) is 10.9. The number of ketones is 2. The Balaban J connectivity index is 1.72. The number of carbonyl (C=O) groups is 6. The first-order valence-electron chi connectivity index (χ1n) is 11.0. The number of fused-ring (bicyclic) bond motifs is 2. The molecule has 0 fully saturated rings. The van der Waals surface area contributed by atoms with Crippen LogP contribution in [0.4, 0.5) is 11.4 Å². The Morgan fingerprint density at radius 1 is 0.667 bits per heavy atom. The van der Waals surface area contributed by atoms with Gasteiger partial charge in [0.15, 0.2) is 11.6 Å². The summed E-state index contributed by atoms with van der Waals surface area (Å²) in [5, 5.41) is 9.87. The SMILES string of the molecule is C[C@H](N)C(=O)NCC(=O)Nc1ccc2c(c1)C(=O)c1ccc(NC(=O)CNC(=O)[C@H](C)N)cc1C2=O. The summed E-state index contributed by atoms with van der Waals surface area (Å²) in [6.45, 7) is 2.35. The number of benzene rings is 2. The van der Waals surface area contributed by atoms with E-state index < -0.39 is 47.3 Å². The molecule has 2 aromatic rings. The topological polar surface area (TPSA) is 203 Å². The summed E-state index contributed by atoms with van der Waals surface area (Å²) in [6, 6.07) is 7.02. The first-order valence-corrected chi connectivity index (χ1v) is 11.0. The molecule has 0 heterocycles. The molecule has 0 aromatic heterocycles. The summed E-state index contributed by atoms with van der Waals surface area (Å²) in [7, 11) is 0. The first kappa shape index (κ1) is 26.2. The van der Waals surface area contributed by atoms with Gasteiger partial charge in [0.1, 0.15) is 0 Å². The maximum absolute atomic E-state index is 13.1. The molecule has 1 aliphatic rings. The number of hydrogen-bond acceptors (Lipinski definition) is 8. The standard InChI is InChI=1S/C24H26N6O6/c1-11(25)23(35)27-9-19(31)29-13-3-5-15-17(7-13)21(33)16-6-4-14(8-18(16)22(15)34)30-20(32)10-28-24(36)12(2)26/h3-8,11-12H,9-10,25-26H2,1-2H3,(H,27,35)(H,28,36)(H,29,31)(H,30,32)/t11-,12-/m0/s1. The van der Waals surface area contributed by atoms with Crippen molar-refractivity contribution in [2.75, 3.05) is 23.7 Å². The average Bonchev–Trinajstić information content (AvgIpc) is 2.84. The van der Waals surface area contributed by atoms with Gasteiger partial charge in [0.05, 0.1) is 25.2 Å². The zero-order valence-electron chi connectivity index (χ0n) is 19.6. The molecule has 188 valence electrons. The van der Waals surface area contributed by atoms with Crippen LogP contribution in [-0.4, -0.2) is 60.4 Å². The minimum Gasteiger partial charge on any atom is -0.346 e. The lowest BCUT2D eigenvalue weighted by molar-refractivity contribution is -0.124. The monoisotopic (exact) mass is 494 g/mol. The highest BCUT2D eigenvalue weighted by molar-refractivity contribution is 6.29. The third kappa shape index (κ3) is 5.98. The summed E-state index contributed by atoms with van der Waals surface area (Å²) in [4.78, 5) is 73.4. The highest BCUT2D eigenvalue weighted by Crippen LogP contribution is 2.31. The number of anilines is 2. The summed E-state index contributed by atoms with van der Waals surface area (Å²) in [5.41, 5.74) is 11.9. The summed E-state index contributed by atoms with van der Waals surface area (Å²) >= 11 is 0. The highest BCUT2D eigenvalue weighted by atomic mass is 16.2. The Morgan fingerprint density at radius 3 is 1.36 bits per heavy atom. The van der Waals surface area contributed by atoms with Gasteiger partial charge in [-0.05, 0) is 50.2 Å². The molecule has 0 radical (unpaired) electrons. The molecule has 0 saturated carbocycles. The quantitative estimate of drug-likeness (QED) is 0.235. The Labute approximate surface area is 206 Å². The van der Waals surface area contributed by atoms with Crippen molar-refractivity contribution in [1.82, 2.24) is 10.6 Å². The van der Waals surface area contributed by atoms with E-state index in [0.717, 1.165) is 0 Å². The maximum Gasteiger partial charge on any atom is 0.243 e. The van der Waals surface area contributed by atoms with Gasteiger partial charge in [-0.15, -0.1) is 0 Å². The van der Waals surface area contributed by atoms with Gasteiger partial charge in [-0.3, -0.25) is 28.8 Å². The van der Waals surface area contributed by atoms with Gasteiger partial charge >= 0.3 is 0 Å². The van der Waals surface area contributed by atoms with Crippen LogP contribution in [0.15, 0.2) is 36.4 Å². The minimum atomic E-state index is -0.764. The van der Waals surface area contributed by atoms with E-state index in [9.17, 15) is 28.8 Å². The van der Waals surface area contributed by atoms with Crippen molar-refractivity contribution in [2.24, 2.45) is 11.5 Å².